The highest BCUT2D eigenvalue weighted by atomic mass is 32.2. The Bertz CT molecular complexity index is 1010. The van der Waals surface area contributed by atoms with Crippen molar-refractivity contribution in [2.45, 2.75) is 13.8 Å². The summed E-state index contributed by atoms with van der Waals surface area (Å²) in [5.74, 6) is -1.13. The zero-order valence-electron chi connectivity index (χ0n) is 16.5. The minimum absolute atomic E-state index is 0.115. The van der Waals surface area contributed by atoms with E-state index in [1.54, 1.807) is 47.4 Å². The van der Waals surface area contributed by atoms with Gasteiger partial charge in [-0.15, -0.1) is 0 Å². The number of hydrogen-bond acceptors (Lipinski definition) is 6. The van der Waals surface area contributed by atoms with Crippen molar-refractivity contribution < 1.29 is 19.1 Å². The number of aryl methyl sites for hydroxylation is 1. The Balaban J connectivity index is 1.55. The van der Waals surface area contributed by atoms with E-state index in [0.717, 1.165) is 11.1 Å². The van der Waals surface area contributed by atoms with Crippen LogP contribution in [0.2, 0.25) is 0 Å². The highest BCUT2D eigenvalue weighted by molar-refractivity contribution is 8.26. The summed E-state index contributed by atoms with van der Waals surface area (Å²) < 4.78 is 5.61. The number of thiocarbonyl (C=S) groups is 1. The average molecular weight is 441 g/mol. The molecule has 1 saturated heterocycles. The summed E-state index contributed by atoms with van der Waals surface area (Å²) in [4.78, 5) is 38.5. The molecular formula is C22H20N2O4S2. The molecule has 0 spiro atoms. The SMILES string of the molecule is CCN1C(=O)/C(=C\c2ccc(C(=O)OCC(=O)Nc3ccc(C)cc3)cc2)SC1=S. The molecule has 2 aromatic carbocycles. The molecule has 0 radical (unpaired) electrons. The zero-order valence-corrected chi connectivity index (χ0v) is 18.1. The van der Waals surface area contributed by atoms with Crippen LogP contribution in [0.3, 0.4) is 0 Å². The fraction of sp³-hybridized carbons (Fsp3) is 0.182. The molecule has 0 aliphatic carbocycles. The highest BCUT2D eigenvalue weighted by Crippen LogP contribution is 2.32. The Hall–Kier alpha value is -2.97. The number of benzene rings is 2. The molecule has 2 amide bonds. The molecule has 1 aliphatic rings. The van der Waals surface area contributed by atoms with Crippen LogP contribution in [0.1, 0.15) is 28.4 Å². The normalized spacial score (nSPS) is 14.9. The fourth-order valence-corrected chi connectivity index (χ4v) is 4.07. The van der Waals surface area contributed by atoms with E-state index in [4.69, 9.17) is 17.0 Å². The van der Waals surface area contributed by atoms with Gasteiger partial charge in [-0.3, -0.25) is 14.5 Å². The molecule has 1 heterocycles. The fourth-order valence-electron chi connectivity index (χ4n) is 2.69. The molecule has 1 N–H and O–H groups in total. The van der Waals surface area contributed by atoms with Crippen molar-refractivity contribution in [1.82, 2.24) is 4.90 Å². The van der Waals surface area contributed by atoms with Gasteiger partial charge in [0.1, 0.15) is 4.32 Å². The molecule has 8 heteroatoms. The third kappa shape index (κ3) is 5.34. The Morgan fingerprint density at radius 2 is 1.80 bits per heavy atom. The van der Waals surface area contributed by atoms with E-state index in [1.165, 1.54) is 11.8 Å². The van der Waals surface area contributed by atoms with Gasteiger partial charge in [0.05, 0.1) is 10.5 Å². The highest BCUT2D eigenvalue weighted by Gasteiger charge is 2.30. The molecule has 6 nitrogen and oxygen atoms in total. The summed E-state index contributed by atoms with van der Waals surface area (Å²) in [6.45, 7) is 3.97. The van der Waals surface area contributed by atoms with Crippen molar-refractivity contribution >= 4 is 57.8 Å². The number of rotatable bonds is 6. The molecule has 0 unspecified atom stereocenters. The van der Waals surface area contributed by atoms with Gasteiger partial charge in [-0.25, -0.2) is 4.79 Å². The first-order valence-electron chi connectivity index (χ1n) is 9.26. The summed E-state index contributed by atoms with van der Waals surface area (Å²) in [6.07, 6.45) is 1.74. The molecule has 0 bridgehead atoms. The first-order valence-corrected chi connectivity index (χ1v) is 10.5. The van der Waals surface area contributed by atoms with E-state index < -0.39 is 11.9 Å². The molecule has 0 saturated carbocycles. The van der Waals surface area contributed by atoms with E-state index in [1.807, 2.05) is 26.0 Å². The van der Waals surface area contributed by atoms with E-state index in [0.29, 0.717) is 27.0 Å². The van der Waals surface area contributed by atoms with Crippen molar-refractivity contribution in [2.75, 3.05) is 18.5 Å². The Morgan fingerprint density at radius 3 is 2.40 bits per heavy atom. The van der Waals surface area contributed by atoms with Crippen LogP contribution < -0.4 is 5.32 Å². The lowest BCUT2D eigenvalue weighted by Gasteiger charge is -2.09. The Kier molecular flexibility index (Phi) is 7.02. The summed E-state index contributed by atoms with van der Waals surface area (Å²) in [5.41, 5.74) is 2.80. The van der Waals surface area contributed by atoms with Crippen LogP contribution in [0.4, 0.5) is 5.69 Å². The number of thioether (sulfide) groups is 1. The third-order valence-electron chi connectivity index (χ3n) is 4.30. The predicted molar refractivity (Wildman–Crippen MR) is 122 cm³/mol. The predicted octanol–water partition coefficient (Wildman–Crippen LogP) is 4.01. The molecule has 2 aromatic rings. The van der Waals surface area contributed by atoms with Gasteiger partial charge in [0.25, 0.3) is 11.8 Å². The molecule has 0 aromatic heterocycles. The first kappa shape index (κ1) is 21.7. The molecular weight excluding hydrogens is 420 g/mol. The van der Waals surface area contributed by atoms with E-state index >= 15 is 0 Å². The van der Waals surface area contributed by atoms with Crippen LogP contribution in [0, 0.1) is 6.92 Å². The zero-order chi connectivity index (χ0) is 21.7. The van der Waals surface area contributed by atoms with E-state index in [-0.39, 0.29) is 12.5 Å². The number of esters is 1. The molecule has 1 aliphatic heterocycles. The summed E-state index contributed by atoms with van der Waals surface area (Å²) in [6, 6.07) is 13.9. The minimum Gasteiger partial charge on any atom is -0.452 e. The van der Waals surface area contributed by atoms with Crippen molar-refractivity contribution in [2.24, 2.45) is 0 Å². The van der Waals surface area contributed by atoms with Crippen LogP contribution in [0.5, 0.6) is 0 Å². The molecule has 154 valence electrons. The van der Waals surface area contributed by atoms with Gasteiger partial charge < -0.3 is 10.1 Å². The van der Waals surface area contributed by atoms with E-state index in [2.05, 4.69) is 5.32 Å². The maximum atomic E-state index is 12.3. The second kappa shape index (κ2) is 9.69. The van der Waals surface area contributed by atoms with Gasteiger partial charge >= 0.3 is 5.97 Å². The van der Waals surface area contributed by atoms with Gasteiger partial charge in [0.2, 0.25) is 0 Å². The minimum atomic E-state index is -0.599. The number of amides is 2. The molecule has 3 rings (SSSR count). The topological polar surface area (TPSA) is 75.7 Å². The first-order chi connectivity index (χ1) is 14.4. The smallest absolute Gasteiger partial charge is 0.338 e. The number of anilines is 1. The maximum absolute atomic E-state index is 12.3. The van der Waals surface area contributed by atoms with Crippen LogP contribution in [-0.4, -0.2) is 40.2 Å². The van der Waals surface area contributed by atoms with Crippen LogP contribution >= 0.6 is 24.0 Å². The van der Waals surface area contributed by atoms with Crippen molar-refractivity contribution in [1.29, 1.82) is 0 Å². The number of nitrogens with one attached hydrogen (secondary N) is 1. The third-order valence-corrected chi connectivity index (χ3v) is 5.68. The van der Waals surface area contributed by atoms with Gasteiger partial charge in [-0.1, -0.05) is 53.8 Å². The second-order valence-corrected chi connectivity index (χ2v) is 8.21. The lowest BCUT2D eigenvalue weighted by molar-refractivity contribution is -0.122. The largest absolute Gasteiger partial charge is 0.452 e. The second-order valence-electron chi connectivity index (χ2n) is 6.54. The van der Waals surface area contributed by atoms with Crippen molar-refractivity contribution in [3.63, 3.8) is 0 Å². The van der Waals surface area contributed by atoms with Gasteiger partial charge in [0.15, 0.2) is 6.61 Å². The molecule has 30 heavy (non-hydrogen) atoms. The van der Waals surface area contributed by atoms with Crippen LogP contribution in [0.25, 0.3) is 6.08 Å². The number of carbonyl (C=O) groups excluding carboxylic acids is 3. The van der Waals surface area contributed by atoms with Crippen LogP contribution in [0.15, 0.2) is 53.4 Å². The molecule has 0 atom stereocenters. The van der Waals surface area contributed by atoms with Gasteiger partial charge in [-0.05, 0) is 49.8 Å². The van der Waals surface area contributed by atoms with Crippen molar-refractivity contribution in [3.05, 3.63) is 70.1 Å². The van der Waals surface area contributed by atoms with Crippen LogP contribution in [-0.2, 0) is 14.3 Å². The summed E-state index contributed by atoms with van der Waals surface area (Å²) in [5, 5.41) is 2.67. The monoisotopic (exact) mass is 440 g/mol. The summed E-state index contributed by atoms with van der Waals surface area (Å²) in [7, 11) is 0. The Labute approximate surface area is 184 Å². The standard InChI is InChI=1S/C22H20N2O4S2/c1-3-24-20(26)18(30-22(24)29)12-15-6-8-16(9-7-15)21(27)28-13-19(25)23-17-10-4-14(2)5-11-17/h4-12H,3,13H2,1-2H3,(H,23,25)/b18-12+. The van der Waals surface area contributed by atoms with Gasteiger partial charge in [0, 0.05) is 12.2 Å². The number of nitrogens with zero attached hydrogens (tertiary/aromatic N) is 1. The number of ether oxygens (including phenoxy) is 1. The van der Waals surface area contributed by atoms with Crippen molar-refractivity contribution in [3.8, 4) is 0 Å². The number of hydrogen-bond donors (Lipinski definition) is 1. The number of carbonyl (C=O) groups is 3. The van der Waals surface area contributed by atoms with E-state index in [9.17, 15) is 14.4 Å². The lowest BCUT2D eigenvalue weighted by atomic mass is 10.1. The lowest BCUT2D eigenvalue weighted by Crippen LogP contribution is -2.27. The number of likely N-dealkylation sites (N-methyl/N-ethyl adjacent to an activating group) is 1. The average Bonchev–Trinajstić information content (AvgIpc) is 3.00. The molecule has 1 fully saturated rings. The van der Waals surface area contributed by atoms with Gasteiger partial charge in [-0.2, -0.15) is 0 Å². The Morgan fingerprint density at radius 1 is 1.13 bits per heavy atom. The summed E-state index contributed by atoms with van der Waals surface area (Å²) >= 11 is 6.45. The quantitative estimate of drug-likeness (QED) is 0.416. The maximum Gasteiger partial charge on any atom is 0.338 e.